The van der Waals surface area contributed by atoms with Crippen LogP contribution in [0.3, 0.4) is 0 Å². The summed E-state index contributed by atoms with van der Waals surface area (Å²) in [7, 11) is 1.58. The minimum absolute atomic E-state index is 0.542. The van der Waals surface area contributed by atoms with E-state index in [0.29, 0.717) is 11.1 Å². The lowest BCUT2D eigenvalue weighted by molar-refractivity contribution is 0.415. The molecular formula is C15H12O3. The molecule has 0 aliphatic rings. The average molecular weight is 240 g/mol. The number of carbonyl (C=O) groups excluding carboxylic acids is 2. The van der Waals surface area contributed by atoms with Gasteiger partial charge in [-0.2, -0.15) is 0 Å². The van der Waals surface area contributed by atoms with Gasteiger partial charge in [-0.25, -0.2) is 0 Å². The van der Waals surface area contributed by atoms with Crippen molar-refractivity contribution in [2.75, 3.05) is 7.11 Å². The molecule has 0 aromatic heterocycles. The van der Waals surface area contributed by atoms with Gasteiger partial charge in [0.15, 0.2) is 0 Å². The SMILES string of the molecule is COc1ccc([C]=O)cc1.O=[C]c1ccccc1. The van der Waals surface area contributed by atoms with E-state index in [1.165, 1.54) is 0 Å². The Morgan fingerprint density at radius 3 is 1.67 bits per heavy atom. The van der Waals surface area contributed by atoms with Crippen LogP contribution in [0.2, 0.25) is 0 Å². The molecule has 18 heavy (non-hydrogen) atoms. The molecule has 90 valence electrons. The topological polar surface area (TPSA) is 43.4 Å². The molecule has 2 aromatic rings. The second kappa shape index (κ2) is 7.79. The average Bonchev–Trinajstić information content (AvgIpc) is 2.49. The molecule has 0 bridgehead atoms. The summed E-state index contributed by atoms with van der Waals surface area (Å²) in [5.74, 6) is 0.749. The quantitative estimate of drug-likeness (QED) is 0.826. The third-order valence-electron chi connectivity index (χ3n) is 2.10. The molecule has 3 nitrogen and oxygen atoms in total. The first kappa shape index (κ1) is 13.6. The maximum Gasteiger partial charge on any atom is 0.233 e. The number of benzene rings is 2. The van der Waals surface area contributed by atoms with E-state index in [1.54, 1.807) is 68.2 Å². The van der Waals surface area contributed by atoms with Crippen molar-refractivity contribution in [3.05, 3.63) is 65.7 Å². The van der Waals surface area contributed by atoms with Crippen LogP contribution in [0.5, 0.6) is 5.75 Å². The van der Waals surface area contributed by atoms with Crippen molar-refractivity contribution in [2.24, 2.45) is 0 Å². The Morgan fingerprint density at radius 1 is 0.778 bits per heavy atom. The first-order valence-corrected chi connectivity index (χ1v) is 5.25. The summed E-state index contributed by atoms with van der Waals surface area (Å²) in [6.45, 7) is 0. The van der Waals surface area contributed by atoms with Crippen molar-refractivity contribution >= 4 is 12.6 Å². The molecule has 0 amide bonds. The van der Waals surface area contributed by atoms with Crippen molar-refractivity contribution in [3.63, 3.8) is 0 Å². The predicted molar refractivity (Wildman–Crippen MR) is 69.0 cm³/mol. The van der Waals surface area contributed by atoms with Gasteiger partial charge >= 0.3 is 0 Å². The maximum absolute atomic E-state index is 10.0. The van der Waals surface area contributed by atoms with Gasteiger partial charge in [0, 0.05) is 11.1 Å². The van der Waals surface area contributed by atoms with Crippen LogP contribution >= 0.6 is 0 Å². The highest BCUT2D eigenvalue weighted by molar-refractivity contribution is 5.75. The highest BCUT2D eigenvalue weighted by Gasteiger charge is 1.90. The van der Waals surface area contributed by atoms with Gasteiger partial charge in [-0.15, -0.1) is 0 Å². The van der Waals surface area contributed by atoms with Crippen molar-refractivity contribution < 1.29 is 14.3 Å². The van der Waals surface area contributed by atoms with Crippen LogP contribution in [0.4, 0.5) is 0 Å². The van der Waals surface area contributed by atoms with E-state index in [1.807, 2.05) is 6.07 Å². The minimum atomic E-state index is 0.542. The molecule has 0 fully saturated rings. The zero-order valence-corrected chi connectivity index (χ0v) is 9.92. The van der Waals surface area contributed by atoms with Crippen LogP contribution in [0.15, 0.2) is 54.6 Å². The molecule has 2 radical (unpaired) electrons. The van der Waals surface area contributed by atoms with E-state index < -0.39 is 0 Å². The maximum atomic E-state index is 10.0. The Kier molecular flexibility index (Phi) is 5.90. The summed E-state index contributed by atoms with van der Waals surface area (Å²) in [6.07, 6.45) is 3.55. The van der Waals surface area contributed by atoms with Gasteiger partial charge in [0.05, 0.1) is 7.11 Å². The number of ether oxygens (including phenoxy) is 1. The highest BCUT2D eigenvalue weighted by Crippen LogP contribution is 2.09. The van der Waals surface area contributed by atoms with Crippen LogP contribution in [0.25, 0.3) is 0 Å². The Morgan fingerprint density at radius 2 is 1.28 bits per heavy atom. The summed E-state index contributed by atoms with van der Waals surface area (Å²) >= 11 is 0. The van der Waals surface area contributed by atoms with Crippen molar-refractivity contribution in [2.45, 2.75) is 0 Å². The molecule has 0 spiro atoms. The molecule has 2 aromatic carbocycles. The lowest BCUT2D eigenvalue weighted by Crippen LogP contribution is -1.83. The molecule has 0 saturated carbocycles. The van der Waals surface area contributed by atoms with Gasteiger partial charge in [-0.1, -0.05) is 30.3 Å². The number of methoxy groups -OCH3 is 1. The van der Waals surface area contributed by atoms with Crippen molar-refractivity contribution in [3.8, 4) is 5.75 Å². The van der Waals surface area contributed by atoms with Crippen LogP contribution in [-0.2, 0) is 9.59 Å². The van der Waals surface area contributed by atoms with Gasteiger partial charge in [-0.05, 0) is 24.3 Å². The minimum Gasteiger partial charge on any atom is -0.497 e. The first-order valence-electron chi connectivity index (χ1n) is 5.25. The van der Waals surface area contributed by atoms with E-state index in [-0.39, 0.29) is 0 Å². The lowest BCUT2D eigenvalue weighted by atomic mass is 10.2. The Hall–Kier alpha value is -2.42. The fourth-order valence-electron chi connectivity index (χ4n) is 1.17. The smallest absolute Gasteiger partial charge is 0.233 e. The van der Waals surface area contributed by atoms with Crippen LogP contribution in [0, 0.1) is 0 Å². The van der Waals surface area contributed by atoms with Crippen molar-refractivity contribution in [1.29, 1.82) is 0 Å². The normalized spacial score (nSPS) is 8.72. The van der Waals surface area contributed by atoms with Crippen molar-refractivity contribution in [1.82, 2.24) is 0 Å². The van der Waals surface area contributed by atoms with E-state index >= 15 is 0 Å². The van der Waals surface area contributed by atoms with Gasteiger partial charge in [0.1, 0.15) is 5.75 Å². The number of hydrogen-bond acceptors (Lipinski definition) is 3. The Balaban J connectivity index is 0.000000184. The highest BCUT2D eigenvalue weighted by atomic mass is 16.5. The molecule has 3 heteroatoms. The van der Waals surface area contributed by atoms with Crippen LogP contribution < -0.4 is 4.74 Å². The summed E-state index contributed by atoms with van der Waals surface area (Å²) in [5, 5.41) is 0. The second-order valence-corrected chi connectivity index (χ2v) is 3.30. The monoisotopic (exact) mass is 240 g/mol. The fraction of sp³-hybridized carbons (Fsp3) is 0.0667. The predicted octanol–water partition coefficient (Wildman–Crippen LogP) is 2.30. The van der Waals surface area contributed by atoms with Gasteiger partial charge in [0.25, 0.3) is 0 Å². The summed E-state index contributed by atoms with van der Waals surface area (Å²) in [6, 6.07) is 15.7. The van der Waals surface area contributed by atoms with E-state index in [2.05, 4.69) is 0 Å². The molecular weight excluding hydrogens is 228 g/mol. The molecule has 2 rings (SSSR count). The standard InChI is InChI=1S/C8H7O2.C7H5O/c1-10-8-4-2-7(6-9)3-5-8;8-6-7-4-2-1-3-5-7/h2-5H,1H3;1-5H. The van der Waals surface area contributed by atoms with Crippen LogP contribution in [0.1, 0.15) is 11.1 Å². The van der Waals surface area contributed by atoms with E-state index in [9.17, 15) is 9.59 Å². The molecule has 0 aliphatic carbocycles. The van der Waals surface area contributed by atoms with Crippen LogP contribution in [-0.4, -0.2) is 19.7 Å². The third-order valence-corrected chi connectivity index (χ3v) is 2.10. The molecule has 0 unspecified atom stereocenters. The summed E-state index contributed by atoms with van der Waals surface area (Å²) in [4.78, 5) is 19.9. The number of hydrogen-bond donors (Lipinski definition) is 0. The second-order valence-electron chi connectivity index (χ2n) is 3.30. The Labute approximate surface area is 106 Å². The summed E-state index contributed by atoms with van der Waals surface area (Å²) in [5.41, 5.74) is 1.15. The Bertz CT molecular complexity index is 475. The van der Waals surface area contributed by atoms with Gasteiger partial charge in [0.2, 0.25) is 12.6 Å². The zero-order chi connectivity index (χ0) is 13.2. The molecule has 0 saturated heterocycles. The zero-order valence-electron chi connectivity index (χ0n) is 9.92. The lowest BCUT2D eigenvalue weighted by Gasteiger charge is -1.96. The first-order chi connectivity index (χ1) is 8.80. The fourth-order valence-corrected chi connectivity index (χ4v) is 1.17. The molecule has 0 aliphatic heterocycles. The van der Waals surface area contributed by atoms with E-state index in [0.717, 1.165) is 5.75 Å². The molecule has 0 heterocycles. The molecule has 0 N–H and O–H groups in total. The number of rotatable bonds is 3. The molecule has 0 atom stereocenters. The third kappa shape index (κ3) is 4.61. The largest absolute Gasteiger partial charge is 0.497 e. The van der Waals surface area contributed by atoms with Gasteiger partial charge in [-0.3, -0.25) is 9.59 Å². The summed E-state index contributed by atoms with van der Waals surface area (Å²) < 4.78 is 4.88. The van der Waals surface area contributed by atoms with E-state index in [4.69, 9.17) is 4.74 Å². The van der Waals surface area contributed by atoms with Gasteiger partial charge < -0.3 is 4.74 Å².